The molecular weight excluding hydrogens is 360 g/mol. The highest BCUT2D eigenvalue weighted by Gasteiger charge is 2.31. The Morgan fingerprint density at radius 3 is 2.67 bits per heavy atom. The van der Waals surface area contributed by atoms with Gasteiger partial charge in [0.1, 0.15) is 10.8 Å². The average Bonchev–Trinajstić information content (AvgIpc) is 2.89. The lowest BCUT2D eigenvalue weighted by Crippen LogP contribution is -2.40. The van der Waals surface area contributed by atoms with Gasteiger partial charge in [-0.25, -0.2) is 14.2 Å². The Hall–Kier alpha value is -1.60. The Morgan fingerprint density at radius 2 is 2.04 bits per heavy atom. The molecule has 0 spiro atoms. The summed E-state index contributed by atoms with van der Waals surface area (Å²) in [6.07, 6.45) is 0.128. The maximum atomic E-state index is 13.5. The number of rotatable bonds is 2. The van der Waals surface area contributed by atoms with Crippen LogP contribution in [0.4, 0.5) is 9.18 Å². The molecule has 24 heavy (non-hydrogen) atoms. The van der Waals surface area contributed by atoms with Gasteiger partial charge in [0.25, 0.3) is 5.91 Å². The van der Waals surface area contributed by atoms with Crippen LogP contribution in [0, 0.1) is 5.82 Å². The van der Waals surface area contributed by atoms with Crippen molar-refractivity contribution in [2.45, 2.75) is 38.8 Å². The van der Waals surface area contributed by atoms with Crippen LogP contribution in [-0.4, -0.2) is 46.6 Å². The first kappa shape index (κ1) is 18.7. The summed E-state index contributed by atoms with van der Waals surface area (Å²) >= 11 is 11.3. The van der Waals surface area contributed by atoms with Gasteiger partial charge in [-0.3, -0.25) is 4.79 Å². The smallest absolute Gasteiger partial charge is 0.410 e. The van der Waals surface area contributed by atoms with Gasteiger partial charge in [0, 0.05) is 19.1 Å². The summed E-state index contributed by atoms with van der Waals surface area (Å²) in [5.41, 5.74) is -0.687. The van der Waals surface area contributed by atoms with E-state index in [0.717, 1.165) is 6.07 Å². The largest absolute Gasteiger partial charge is 0.444 e. The molecular formula is C15H18Cl2FN3O3. The van der Waals surface area contributed by atoms with Crippen LogP contribution in [0.1, 0.15) is 37.6 Å². The number of pyridine rings is 1. The zero-order chi connectivity index (χ0) is 18.1. The fraction of sp³-hybridized carbons (Fsp3) is 0.533. The fourth-order valence-corrected chi connectivity index (χ4v) is 2.65. The molecule has 1 saturated heterocycles. The van der Waals surface area contributed by atoms with Crippen molar-refractivity contribution >= 4 is 35.2 Å². The summed E-state index contributed by atoms with van der Waals surface area (Å²) < 4.78 is 18.7. The molecule has 0 aromatic carbocycles. The van der Waals surface area contributed by atoms with Crippen molar-refractivity contribution < 1.29 is 18.7 Å². The molecule has 132 valence electrons. The van der Waals surface area contributed by atoms with Crippen molar-refractivity contribution in [1.82, 2.24) is 15.2 Å². The standard InChI is InChI=1S/C15H18Cl2FN3O3/c1-15(2,3)24-14(23)21-5-4-8(7-21)19-13(22)9-6-10(18)12(17)20-11(9)16/h6,8H,4-5,7H2,1-3H3,(H,19,22). The zero-order valence-electron chi connectivity index (χ0n) is 13.5. The van der Waals surface area contributed by atoms with Crippen molar-refractivity contribution in [3.05, 3.63) is 27.8 Å². The van der Waals surface area contributed by atoms with E-state index in [1.165, 1.54) is 4.90 Å². The van der Waals surface area contributed by atoms with Gasteiger partial charge in [-0.1, -0.05) is 23.2 Å². The molecule has 0 radical (unpaired) electrons. The molecule has 1 aromatic heterocycles. The molecule has 2 heterocycles. The lowest BCUT2D eigenvalue weighted by Gasteiger charge is -2.24. The lowest BCUT2D eigenvalue weighted by molar-refractivity contribution is 0.0290. The van der Waals surface area contributed by atoms with Gasteiger partial charge in [-0.05, 0) is 33.3 Å². The Labute approximate surface area is 149 Å². The number of carbonyl (C=O) groups excluding carboxylic acids is 2. The van der Waals surface area contributed by atoms with E-state index >= 15 is 0 Å². The van der Waals surface area contributed by atoms with Crippen LogP contribution in [0.25, 0.3) is 0 Å². The molecule has 0 saturated carbocycles. The molecule has 1 aromatic rings. The number of nitrogens with one attached hydrogen (secondary N) is 1. The molecule has 6 nitrogen and oxygen atoms in total. The molecule has 1 N–H and O–H groups in total. The van der Waals surface area contributed by atoms with Crippen molar-refractivity contribution in [3.63, 3.8) is 0 Å². The topological polar surface area (TPSA) is 71.5 Å². The van der Waals surface area contributed by atoms with E-state index in [-0.39, 0.29) is 16.8 Å². The second kappa shape index (κ2) is 7.11. The maximum absolute atomic E-state index is 13.5. The first-order valence-electron chi connectivity index (χ1n) is 7.37. The molecule has 0 bridgehead atoms. The molecule has 2 rings (SSSR count). The molecule has 1 atom stereocenters. The van der Waals surface area contributed by atoms with Crippen LogP contribution in [0.2, 0.25) is 10.3 Å². The molecule has 1 aliphatic rings. The zero-order valence-corrected chi connectivity index (χ0v) is 15.0. The van der Waals surface area contributed by atoms with E-state index < -0.39 is 28.6 Å². The van der Waals surface area contributed by atoms with Crippen LogP contribution in [0.3, 0.4) is 0 Å². The second-order valence-corrected chi connectivity index (χ2v) is 7.20. The molecule has 1 unspecified atom stereocenters. The highest BCUT2D eigenvalue weighted by molar-refractivity contribution is 6.34. The number of amides is 2. The van der Waals surface area contributed by atoms with E-state index in [0.29, 0.717) is 19.5 Å². The van der Waals surface area contributed by atoms with Gasteiger partial charge in [-0.2, -0.15) is 0 Å². The lowest BCUT2D eigenvalue weighted by atomic mass is 10.2. The first-order chi connectivity index (χ1) is 11.1. The van der Waals surface area contributed by atoms with Gasteiger partial charge >= 0.3 is 6.09 Å². The fourth-order valence-electron chi connectivity index (χ4n) is 2.24. The van der Waals surface area contributed by atoms with Crippen molar-refractivity contribution in [2.24, 2.45) is 0 Å². The van der Waals surface area contributed by atoms with Crippen LogP contribution in [-0.2, 0) is 4.74 Å². The predicted octanol–water partition coefficient (Wildman–Crippen LogP) is 3.27. The van der Waals surface area contributed by atoms with Gasteiger partial charge in [0.15, 0.2) is 11.0 Å². The van der Waals surface area contributed by atoms with E-state index in [4.69, 9.17) is 27.9 Å². The summed E-state index contributed by atoms with van der Waals surface area (Å²) in [4.78, 5) is 29.3. The minimum atomic E-state index is -0.826. The monoisotopic (exact) mass is 377 g/mol. The minimum Gasteiger partial charge on any atom is -0.444 e. The Balaban J connectivity index is 1.97. The number of ether oxygens (including phenoxy) is 1. The van der Waals surface area contributed by atoms with Gasteiger partial charge in [0.05, 0.1) is 5.56 Å². The first-order valence-corrected chi connectivity index (χ1v) is 8.13. The molecule has 1 fully saturated rings. The predicted molar refractivity (Wildman–Crippen MR) is 87.9 cm³/mol. The number of carbonyl (C=O) groups is 2. The summed E-state index contributed by atoms with van der Waals surface area (Å²) in [5.74, 6) is -1.40. The van der Waals surface area contributed by atoms with Crippen molar-refractivity contribution in [1.29, 1.82) is 0 Å². The summed E-state index contributed by atoms with van der Waals surface area (Å²) in [6.45, 7) is 6.11. The highest BCUT2D eigenvalue weighted by Crippen LogP contribution is 2.21. The van der Waals surface area contributed by atoms with Crippen LogP contribution >= 0.6 is 23.2 Å². The number of nitrogens with zero attached hydrogens (tertiary/aromatic N) is 2. The van der Waals surface area contributed by atoms with Gasteiger partial charge < -0.3 is 15.0 Å². The Bertz CT molecular complexity index is 664. The summed E-state index contributed by atoms with van der Waals surface area (Å²) in [7, 11) is 0. The van der Waals surface area contributed by atoms with Crippen molar-refractivity contribution in [3.8, 4) is 0 Å². The van der Waals surface area contributed by atoms with Crippen LogP contribution < -0.4 is 5.32 Å². The van der Waals surface area contributed by atoms with E-state index in [2.05, 4.69) is 10.3 Å². The Morgan fingerprint density at radius 1 is 1.38 bits per heavy atom. The number of likely N-dealkylation sites (tertiary alicyclic amines) is 1. The third-order valence-electron chi connectivity index (χ3n) is 3.31. The SMILES string of the molecule is CC(C)(C)OC(=O)N1CCC(NC(=O)c2cc(F)c(Cl)nc2Cl)C1. The third kappa shape index (κ3) is 4.70. The summed E-state index contributed by atoms with van der Waals surface area (Å²) in [6, 6.07) is 0.660. The molecule has 0 aliphatic carbocycles. The molecule has 9 heteroatoms. The number of halogens is 3. The molecule has 2 amide bonds. The normalized spacial score (nSPS) is 17.8. The summed E-state index contributed by atoms with van der Waals surface area (Å²) in [5, 5.41) is 2.13. The molecule has 1 aliphatic heterocycles. The third-order valence-corrected chi connectivity index (χ3v) is 3.86. The number of hydrogen-bond acceptors (Lipinski definition) is 4. The average molecular weight is 378 g/mol. The number of aromatic nitrogens is 1. The highest BCUT2D eigenvalue weighted by atomic mass is 35.5. The number of hydrogen-bond donors (Lipinski definition) is 1. The van der Waals surface area contributed by atoms with Crippen molar-refractivity contribution in [2.75, 3.05) is 13.1 Å². The quantitative estimate of drug-likeness (QED) is 0.802. The maximum Gasteiger partial charge on any atom is 0.410 e. The van der Waals surface area contributed by atoms with Crippen LogP contribution in [0.15, 0.2) is 6.07 Å². The Kier molecular flexibility index (Phi) is 5.55. The second-order valence-electron chi connectivity index (χ2n) is 6.48. The minimum absolute atomic E-state index is 0.103. The van der Waals surface area contributed by atoms with Crippen LogP contribution in [0.5, 0.6) is 0 Å². The van der Waals surface area contributed by atoms with E-state index in [1.807, 2.05) is 0 Å². The van der Waals surface area contributed by atoms with E-state index in [9.17, 15) is 14.0 Å². The van der Waals surface area contributed by atoms with E-state index in [1.54, 1.807) is 20.8 Å². The van der Waals surface area contributed by atoms with Gasteiger partial charge in [0.2, 0.25) is 0 Å². The van der Waals surface area contributed by atoms with Gasteiger partial charge in [-0.15, -0.1) is 0 Å².